The van der Waals surface area contributed by atoms with Crippen molar-refractivity contribution < 1.29 is 22.6 Å². The number of morpholine rings is 1. The Labute approximate surface area is 169 Å². The van der Waals surface area contributed by atoms with E-state index in [-0.39, 0.29) is 18.5 Å². The number of rotatable bonds is 8. The van der Waals surface area contributed by atoms with Crippen LogP contribution in [0.25, 0.3) is 0 Å². The summed E-state index contributed by atoms with van der Waals surface area (Å²) in [4.78, 5) is 2.09. The first-order valence-electron chi connectivity index (χ1n) is 9.83. The summed E-state index contributed by atoms with van der Waals surface area (Å²) in [5.74, 6) is 0.157. The summed E-state index contributed by atoms with van der Waals surface area (Å²) in [5, 5.41) is 2.91. The topological polar surface area (TPSA) is 33.7 Å². The second kappa shape index (κ2) is 9.98. The van der Waals surface area contributed by atoms with E-state index in [0.717, 1.165) is 5.69 Å². The highest BCUT2D eigenvalue weighted by Crippen LogP contribution is 2.28. The van der Waals surface area contributed by atoms with Crippen molar-refractivity contribution in [2.45, 2.75) is 39.0 Å². The molecule has 29 heavy (non-hydrogen) atoms. The molecule has 2 aromatic carbocycles. The highest BCUT2D eigenvalue weighted by molar-refractivity contribution is 5.54. The third-order valence-corrected chi connectivity index (χ3v) is 4.75. The average molecular weight is 408 g/mol. The maximum Gasteiger partial charge on any atom is 0.257 e. The Balaban J connectivity index is 1.78. The molecule has 1 unspecified atom stereocenters. The molecule has 0 aliphatic carbocycles. The van der Waals surface area contributed by atoms with Crippen LogP contribution in [0.3, 0.4) is 0 Å². The maximum atomic E-state index is 13.9. The van der Waals surface area contributed by atoms with Crippen LogP contribution >= 0.6 is 0 Å². The molecule has 7 heteroatoms. The summed E-state index contributed by atoms with van der Waals surface area (Å²) in [7, 11) is 0. The van der Waals surface area contributed by atoms with Crippen LogP contribution < -0.4 is 15.0 Å². The zero-order valence-electron chi connectivity index (χ0n) is 16.7. The van der Waals surface area contributed by atoms with Crippen LogP contribution in [-0.2, 0) is 11.3 Å². The molecule has 3 rings (SSSR count). The zero-order chi connectivity index (χ0) is 20.8. The minimum atomic E-state index is -2.62. The van der Waals surface area contributed by atoms with Gasteiger partial charge in [-0.15, -0.1) is 0 Å². The molecule has 0 bridgehead atoms. The van der Waals surface area contributed by atoms with E-state index in [9.17, 15) is 13.2 Å². The second-order valence-electron chi connectivity index (χ2n) is 7.30. The first kappa shape index (κ1) is 21.5. The highest BCUT2D eigenvalue weighted by Gasteiger charge is 2.24. The van der Waals surface area contributed by atoms with Crippen LogP contribution in [0.15, 0.2) is 42.5 Å². The molecule has 0 aromatic heterocycles. The van der Waals surface area contributed by atoms with Crippen molar-refractivity contribution in [3.63, 3.8) is 0 Å². The van der Waals surface area contributed by atoms with Crippen LogP contribution in [0.4, 0.5) is 18.9 Å². The van der Waals surface area contributed by atoms with E-state index in [4.69, 9.17) is 9.47 Å². The Bertz CT molecular complexity index is 795. The van der Waals surface area contributed by atoms with Crippen LogP contribution in [0.5, 0.6) is 5.75 Å². The molecule has 0 spiro atoms. The number of ether oxygens (including phenoxy) is 2. The Hall–Kier alpha value is -2.25. The van der Waals surface area contributed by atoms with Gasteiger partial charge in [-0.05, 0) is 55.3 Å². The summed E-state index contributed by atoms with van der Waals surface area (Å²) in [6.45, 7) is 6.43. The molecule has 2 aromatic rings. The first-order chi connectivity index (χ1) is 13.9. The van der Waals surface area contributed by atoms with Crippen molar-refractivity contribution in [1.82, 2.24) is 5.32 Å². The Morgan fingerprint density at radius 2 is 1.86 bits per heavy atom. The number of benzene rings is 2. The van der Waals surface area contributed by atoms with Gasteiger partial charge in [-0.25, -0.2) is 13.2 Å². The number of nitrogens with zero attached hydrogens (tertiary/aromatic N) is 1. The van der Waals surface area contributed by atoms with Gasteiger partial charge in [-0.1, -0.05) is 12.1 Å². The molecule has 1 saturated heterocycles. The summed E-state index contributed by atoms with van der Waals surface area (Å²) in [6, 6.07) is 10.0. The van der Waals surface area contributed by atoms with Gasteiger partial charge in [0.25, 0.3) is 6.43 Å². The zero-order valence-corrected chi connectivity index (χ0v) is 16.7. The Morgan fingerprint density at radius 1 is 1.10 bits per heavy atom. The van der Waals surface area contributed by atoms with Crippen LogP contribution in [0, 0.1) is 5.82 Å². The van der Waals surface area contributed by atoms with Gasteiger partial charge in [-0.3, -0.25) is 0 Å². The summed E-state index contributed by atoms with van der Waals surface area (Å²) < 4.78 is 52.5. The van der Waals surface area contributed by atoms with Gasteiger partial charge in [0, 0.05) is 25.3 Å². The van der Waals surface area contributed by atoms with E-state index < -0.39 is 12.5 Å². The summed E-state index contributed by atoms with van der Waals surface area (Å²) >= 11 is 0. The lowest BCUT2D eigenvalue weighted by atomic mass is 10.1. The molecule has 0 saturated carbocycles. The molecule has 1 N–H and O–H groups in total. The van der Waals surface area contributed by atoms with Gasteiger partial charge in [-0.2, -0.15) is 0 Å². The standard InChI is InChI=1S/C22H27F3N2O2/c1-15(2)29-19-5-3-4-16(13-19)21(22(24)25)26-14-17-12-18(23)6-7-20(17)27-8-10-28-11-9-27/h3-7,12-13,15,21-22,26H,8-11,14H2,1-2H3. The maximum absolute atomic E-state index is 13.9. The Morgan fingerprint density at radius 3 is 2.55 bits per heavy atom. The molecular weight excluding hydrogens is 381 g/mol. The minimum Gasteiger partial charge on any atom is -0.491 e. The number of nitrogens with one attached hydrogen (secondary N) is 1. The fourth-order valence-electron chi connectivity index (χ4n) is 3.43. The van der Waals surface area contributed by atoms with Crippen LogP contribution in [0.2, 0.25) is 0 Å². The lowest BCUT2D eigenvalue weighted by Gasteiger charge is -2.31. The van der Waals surface area contributed by atoms with Crippen molar-refractivity contribution in [3.8, 4) is 5.75 Å². The number of halogens is 3. The van der Waals surface area contributed by atoms with Gasteiger partial charge in [0.15, 0.2) is 0 Å². The number of hydrogen-bond donors (Lipinski definition) is 1. The van der Waals surface area contributed by atoms with Crippen molar-refractivity contribution in [3.05, 3.63) is 59.4 Å². The van der Waals surface area contributed by atoms with Gasteiger partial charge >= 0.3 is 0 Å². The lowest BCUT2D eigenvalue weighted by molar-refractivity contribution is 0.0973. The molecule has 1 aliphatic heterocycles. The monoisotopic (exact) mass is 408 g/mol. The number of alkyl halides is 2. The predicted molar refractivity (Wildman–Crippen MR) is 107 cm³/mol. The molecule has 0 amide bonds. The van der Waals surface area contributed by atoms with Gasteiger partial charge < -0.3 is 19.7 Å². The van der Waals surface area contributed by atoms with E-state index in [2.05, 4.69) is 10.2 Å². The van der Waals surface area contributed by atoms with Gasteiger partial charge in [0.05, 0.1) is 25.4 Å². The quantitative estimate of drug-likeness (QED) is 0.695. The van der Waals surface area contributed by atoms with E-state index >= 15 is 0 Å². The van der Waals surface area contributed by atoms with Crippen molar-refractivity contribution >= 4 is 5.69 Å². The van der Waals surface area contributed by atoms with Crippen molar-refractivity contribution in [1.29, 1.82) is 0 Å². The third kappa shape index (κ3) is 5.87. The number of hydrogen-bond acceptors (Lipinski definition) is 4. The van der Waals surface area contributed by atoms with E-state index in [1.54, 1.807) is 30.3 Å². The van der Waals surface area contributed by atoms with E-state index in [0.29, 0.717) is 43.2 Å². The minimum absolute atomic E-state index is 0.0495. The van der Waals surface area contributed by atoms with Gasteiger partial charge in [0.2, 0.25) is 0 Å². The number of anilines is 1. The van der Waals surface area contributed by atoms with Crippen LogP contribution in [-0.4, -0.2) is 38.8 Å². The molecule has 0 radical (unpaired) electrons. The smallest absolute Gasteiger partial charge is 0.257 e. The lowest BCUT2D eigenvalue weighted by Crippen LogP contribution is -2.37. The van der Waals surface area contributed by atoms with Crippen molar-refractivity contribution in [2.75, 3.05) is 31.2 Å². The molecule has 1 heterocycles. The third-order valence-electron chi connectivity index (χ3n) is 4.75. The predicted octanol–water partition coefficient (Wildman–Crippen LogP) is 4.55. The molecule has 1 aliphatic rings. The first-order valence-corrected chi connectivity index (χ1v) is 9.83. The molecule has 158 valence electrons. The normalized spacial score (nSPS) is 15.8. The SMILES string of the molecule is CC(C)Oc1cccc(C(NCc2cc(F)ccc2N2CCOCC2)C(F)F)c1. The van der Waals surface area contributed by atoms with E-state index in [1.807, 2.05) is 13.8 Å². The largest absolute Gasteiger partial charge is 0.491 e. The fourth-order valence-corrected chi connectivity index (χ4v) is 3.43. The molecule has 1 atom stereocenters. The van der Waals surface area contributed by atoms with E-state index in [1.165, 1.54) is 12.1 Å². The molecule has 4 nitrogen and oxygen atoms in total. The van der Waals surface area contributed by atoms with Gasteiger partial charge in [0.1, 0.15) is 11.6 Å². The highest BCUT2D eigenvalue weighted by atomic mass is 19.3. The average Bonchev–Trinajstić information content (AvgIpc) is 2.68. The molecular formula is C22H27F3N2O2. The fraction of sp³-hybridized carbons (Fsp3) is 0.455. The summed E-state index contributed by atoms with van der Waals surface area (Å²) in [6.07, 6.45) is -2.67. The van der Waals surface area contributed by atoms with Crippen LogP contribution in [0.1, 0.15) is 31.0 Å². The summed E-state index contributed by atoms with van der Waals surface area (Å²) in [5.41, 5.74) is 1.92. The second-order valence-corrected chi connectivity index (χ2v) is 7.30. The Kier molecular flexibility index (Phi) is 7.39. The molecule has 1 fully saturated rings. The van der Waals surface area contributed by atoms with Crippen molar-refractivity contribution in [2.24, 2.45) is 0 Å².